The van der Waals surface area contributed by atoms with Crippen LogP contribution in [0.2, 0.25) is 5.02 Å². The molecular formula is C21H20ClF3N4O2. The van der Waals surface area contributed by atoms with E-state index in [0.29, 0.717) is 10.6 Å². The first kappa shape index (κ1) is 21.6. The third-order valence-corrected chi connectivity index (χ3v) is 5.84. The lowest BCUT2D eigenvalue weighted by molar-refractivity contribution is -0.137. The molecular weight excluding hydrogens is 433 g/mol. The fraction of sp³-hybridized carbons (Fsp3) is 0.381. The van der Waals surface area contributed by atoms with Crippen molar-refractivity contribution in [3.05, 3.63) is 52.7 Å². The normalized spacial score (nSPS) is 16.7. The summed E-state index contributed by atoms with van der Waals surface area (Å²) in [6.45, 7) is 1.47. The Morgan fingerprint density at radius 2 is 2.03 bits per heavy atom. The minimum Gasteiger partial charge on any atom is -0.385 e. The lowest BCUT2D eigenvalue weighted by atomic mass is 9.92. The van der Waals surface area contributed by atoms with Gasteiger partial charge in [0.15, 0.2) is 5.65 Å². The predicted molar refractivity (Wildman–Crippen MR) is 110 cm³/mol. The van der Waals surface area contributed by atoms with Gasteiger partial charge in [0.1, 0.15) is 5.52 Å². The third-order valence-electron chi connectivity index (χ3n) is 5.51. The number of hydrogen-bond acceptors (Lipinski definition) is 4. The number of carbonyl (C=O) groups excluding carboxylic acids is 1. The molecule has 164 valence electrons. The number of amides is 1. The van der Waals surface area contributed by atoms with E-state index < -0.39 is 23.2 Å². The first-order valence-corrected chi connectivity index (χ1v) is 10.2. The predicted octanol–water partition coefficient (Wildman–Crippen LogP) is 5.06. The molecule has 3 aromatic rings. The van der Waals surface area contributed by atoms with Crippen LogP contribution in [0.3, 0.4) is 0 Å². The second-order valence-electron chi connectivity index (χ2n) is 7.93. The molecule has 0 bridgehead atoms. The van der Waals surface area contributed by atoms with E-state index in [9.17, 15) is 23.1 Å². The number of fused-ring (bicyclic) bond motifs is 1. The van der Waals surface area contributed by atoms with Crippen LogP contribution in [0.1, 0.15) is 49.8 Å². The number of halogens is 4. The minimum absolute atomic E-state index is 0.00591. The lowest BCUT2D eigenvalue weighted by Gasteiger charge is -2.29. The Labute approximate surface area is 181 Å². The van der Waals surface area contributed by atoms with Crippen molar-refractivity contribution >= 4 is 34.6 Å². The Balaban J connectivity index is 1.64. The van der Waals surface area contributed by atoms with Crippen LogP contribution in [0, 0.1) is 0 Å². The van der Waals surface area contributed by atoms with Gasteiger partial charge in [-0.2, -0.15) is 13.2 Å². The first-order valence-electron chi connectivity index (χ1n) is 9.79. The standard InChI is InChI=1S/C21H20ClF3N4O2/c1-20(31,14-7-2-3-8-15(14)22)10-17(30)28-19-27-16-9-12(21(23,24)25)11-26-18(16)29(19)13-5-4-6-13/h2-3,7-9,11,13,31H,4-6,10H2,1H3,(H,27,28,30)/t20-/m0/s1. The van der Waals surface area contributed by atoms with Crippen molar-refractivity contribution in [2.45, 2.75) is 50.4 Å². The maximum Gasteiger partial charge on any atom is 0.417 e. The van der Waals surface area contributed by atoms with Crippen LogP contribution < -0.4 is 5.32 Å². The third kappa shape index (κ3) is 4.24. The van der Waals surface area contributed by atoms with Gasteiger partial charge in [-0.15, -0.1) is 0 Å². The minimum atomic E-state index is -4.54. The number of anilines is 1. The molecule has 2 aromatic heterocycles. The van der Waals surface area contributed by atoms with E-state index in [2.05, 4.69) is 15.3 Å². The first-order chi connectivity index (χ1) is 14.6. The topological polar surface area (TPSA) is 80.0 Å². The maximum atomic E-state index is 13.1. The lowest BCUT2D eigenvalue weighted by Crippen LogP contribution is -2.30. The van der Waals surface area contributed by atoms with Crippen molar-refractivity contribution in [2.24, 2.45) is 0 Å². The van der Waals surface area contributed by atoms with Crippen molar-refractivity contribution in [3.8, 4) is 0 Å². The summed E-state index contributed by atoms with van der Waals surface area (Å²) in [6.07, 6.45) is -1.49. The molecule has 2 heterocycles. The largest absolute Gasteiger partial charge is 0.417 e. The number of aliphatic hydroxyl groups is 1. The van der Waals surface area contributed by atoms with Crippen molar-refractivity contribution < 1.29 is 23.1 Å². The number of rotatable bonds is 5. The number of nitrogens with one attached hydrogen (secondary N) is 1. The zero-order valence-electron chi connectivity index (χ0n) is 16.6. The number of carbonyl (C=O) groups is 1. The smallest absolute Gasteiger partial charge is 0.385 e. The van der Waals surface area contributed by atoms with Gasteiger partial charge in [0, 0.05) is 22.8 Å². The zero-order chi connectivity index (χ0) is 22.4. The molecule has 31 heavy (non-hydrogen) atoms. The Morgan fingerprint density at radius 3 is 2.65 bits per heavy atom. The molecule has 10 heteroatoms. The van der Waals surface area contributed by atoms with E-state index in [4.69, 9.17) is 11.6 Å². The van der Waals surface area contributed by atoms with Crippen molar-refractivity contribution in [1.29, 1.82) is 0 Å². The van der Waals surface area contributed by atoms with Crippen molar-refractivity contribution in [1.82, 2.24) is 14.5 Å². The number of aromatic nitrogens is 3. The number of nitrogens with zero attached hydrogens (tertiary/aromatic N) is 3. The fourth-order valence-electron chi connectivity index (χ4n) is 3.69. The Morgan fingerprint density at radius 1 is 1.32 bits per heavy atom. The van der Waals surface area contributed by atoms with Gasteiger partial charge in [0.05, 0.1) is 17.6 Å². The molecule has 1 aliphatic carbocycles. The van der Waals surface area contributed by atoms with Crippen LogP contribution in [0.15, 0.2) is 36.5 Å². The second kappa shape index (κ2) is 7.80. The second-order valence-corrected chi connectivity index (χ2v) is 8.34. The van der Waals surface area contributed by atoms with E-state index in [1.165, 1.54) is 6.92 Å². The summed E-state index contributed by atoms with van der Waals surface area (Å²) in [6, 6.07) is 7.57. The van der Waals surface area contributed by atoms with Gasteiger partial charge in [0.2, 0.25) is 11.9 Å². The molecule has 1 fully saturated rings. The molecule has 0 unspecified atom stereocenters. The summed E-state index contributed by atoms with van der Waals surface area (Å²) in [5.41, 5.74) is -1.72. The molecule has 1 atom stereocenters. The number of imidazole rings is 1. The quantitative estimate of drug-likeness (QED) is 0.566. The van der Waals surface area contributed by atoms with Crippen LogP contribution in [-0.2, 0) is 16.6 Å². The molecule has 0 saturated heterocycles. The van der Waals surface area contributed by atoms with Crippen LogP contribution in [0.5, 0.6) is 0 Å². The highest BCUT2D eigenvalue weighted by Gasteiger charge is 2.34. The highest BCUT2D eigenvalue weighted by molar-refractivity contribution is 6.31. The van der Waals surface area contributed by atoms with E-state index in [1.807, 2.05) is 0 Å². The number of hydrogen-bond donors (Lipinski definition) is 2. The van der Waals surface area contributed by atoms with Gasteiger partial charge >= 0.3 is 6.18 Å². The van der Waals surface area contributed by atoms with Crippen molar-refractivity contribution in [2.75, 3.05) is 5.32 Å². The summed E-state index contributed by atoms with van der Waals surface area (Å²) < 4.78 is 40.9. The SMILES string of the molecule is C[C@](O)(CC(=O)Nc1nc2cc(C(F)(F)F)cnc2n1C1CCC1)c1ccccc1Cl. The molecule has 4 rings (SSSR count). The monoisotopic (exact) mass is 452 g/mol. The number of pyridine rings is 1. The Hall–Kier alpha value is -2.65. The molecule has 1 aromatic carbocycles. The molecule has 1 aliphatic rings. The van der Waals surface area contributed by atoms with E-state index in [0.717, 1.165) is 31.5 Å². The van der Waals surface area contributed by atoms with Crippen LogP contribution in [-0.4, -0.2) is 25.5 Å². The van der Waals surface area contributed by atoms with Gasteiger partial charge in [0.25, 0.3) is 0 Å². The Kier molecular flexibility index (Phi) is 5.43. The summed E-state index contributed by atoms with van der Waals surface area (Å²) in [5, 5.41) is 13.8. The average Bonchev–Trinajstić information content (AvgIpc) is 2.96. The van der Waals surface area contributed by atoms with Gasteiger partial charge in [-0.1, -0.05) is 29.8 Å². The molecule has 1 amide bonds. The van der Waals surface area contributed by atoms with Gasteiger partial charge in [-0.25, -0.2) is 9.97 Å². The van der Waals surface area contributed by atoms with E-state index in [1.54, 1.807) is 28.8 Å². The van der Waals surface area contributed by atoms with Crippen molar-refractivity contribution in [3.63, 3.8) is 0 Å². The molecule has 0 spiro atoms. The van der Waals surface area contributed by atoms with Crippen LogP contribution in [0.4, 0.5) is 19.1 Å². The maximum absolute atomic E-state index is 13.1. The van der Waals surface area contributed by atoms with Gasteiger partial charge in [-0.05, 0) is 38.3 Å². The summed E-state index contributed by atoms with van der Waals surface area (Å²) in [7, 11) is 0. The zero-order valence-corrected chi connectivity index (χ0v) is 17.3. The fourth-order valence-corrected chi connectivity index (χ4v) is 4.03. The molecule has 0 radical (unpaired) electrons. The van der Waals surface area contributed by atoms with E-state index >= 15 is 0 Å². The number of benzene rings is 1. The van der Waals surface area contributed by atoms with Crippen LogP contribution in [0.25, 0.3) is 11.2 Å². The van der Waals surface area contributed by atoms with E-state index in [-0.39, 0.29) is 29.6 Å². The Bertz CT molecular complexity index is 1140. The highest BCUT2D eigenvalue weighted by atomic mass is 35.5. The molecule has 2 N–H and O–H groups in total. The molecule has 0 aliphatic heterocycles. The number of alkyl halides is 3. The van der Waals surface area contributed by atoms with Crippen LogP contribution >= 0.6 is 11.6 Å². The summed E-state index contributed by atoms with van der Waals surface area (Å²) in [5.74, 6) is -0.427. The molecule has 6 nitrogen and oxygen atoms in total. The van der Waals surface area contributed by atoms with Gasteiger partial charge in [-0.3, -0.25) is 14.7 Å². The molecule has 1 saturated carbocycles. The average molecular weight is 453 g/mol. The summed E-state index contributed by atoms with van der Waals surface area (Å²) in [4.78, 5) is 20.9. The van der Waals surface area contributed by atoms with Gasteiger partial charge < -0.3 is 5.11 Å². The summed E-state index contributed by atoms with van der Waals surface area (Å²) >= 11 is 6.14. The highest BCUT2D eigenvalue weighted by Crippen LogP contribution is 2.38.